The van der Waals surface area contributed by atoms with Crippen LogP contribution in [0.1, 0.15) is 6.92 Å². The number of rotatable bonds is 5. The molecule has 0 aromatic heterocycles. The van der Waals surface area contributed by atoms with Gasteiger partial charge in [-0.05, 0) is 19.1 Å². The molecule has 3 rings (SSSR count). The van der Waals surface area contributed by atoms with E-state index in [9.17, 15) is 35.7 Å². The maximum absolute atomic E-state index is 10.2. The predicted molar refractivity (Wildman–Crippen MR) is 93.7 cm³/mol. The smallest absolute Gasteiger partial charge is 0.229 e. The van der Waals surface area contributed by atoms with Crippen molar-refractivity contribution in [2.24, 2.45) is 0 Å². The lowest BCUT2D eigenvalue weighted by atomic mass is 9.98. The van der Waals surface area contributed by atoms with Gasteiger partial charge in [0.25, 0.3) is 0 Å². The lowest BCUT2D eigenvalue weighted by molar-refractivity contribution is -0.318. The molecule has 2 aliphatic heterocycles. The van der Waals surface area contributed by atoms with Crippen LogP contribution in [0.15, 0.2) is 24.3 Å². The lowest BCUT2D eigenvalue weighted by Gasteiger charge is -2.42. The number of para-hydroxylation sites is 2. The molecule has 11 heteroatoms. The van der Waals surface area contributed by atoms with Gasteiger partial charge in [0.05, 0.1) is 12.7 Å². The van der Waals surface area contributed by atoms with Gasteiger partial charge >= 0.3 is 0 Å². The Morgan fingerprint density at radius 1 is 0.793 bits per heavy atom. The Balaban J connectivity index is 1.64. The van der Waals surface area contributed by atoms with E-state index in [1.807, 2.05) is 0 Å². The number of hydrogen-bond donors (Lipinski definition) is 7. The minimum Gasteiger partial charge on any atom is -0.504 e. The van der Waals surface area contributed by atoms with Crippen molar-refractivity contribution in [3.05, 3.63) is 24.3 Å². The van der Waals surface area contributed by atoms with Crippen molar-refractivity contribution in [1.29, 1.82) is 0 Å². The highest BCUT2D eigenvalue weighted by atomic mass is 16.7. The summed E-state index contributed by atoms with van der Waals surface area (Å²) in [6.07, 6.45) is -13.9. The van der Waals surface area contributed by atoms with Gasteiger partial charge < -0.3 is 54.7 Å². The van der Waals surface area contributed by atoms with Crippen LogP contribution < -0.4 is 4.74 Å². The molecule has 2 saturated heterocycles. The van der Waals surface area contributed by atoms with E-state index in [0.717, 1.165) is 0 Å². The van der Waals surface area contributed by atoms with E-state index in [-0.39, 0.29) is 11.5 Å². The van der Waals surface area contributed by atoms with E-state index >= 15 is 0 Å². The Bertz CT molecular complexity index is 673. The Morgan fingerprint density at radius 3 is 2.10 bits per heavy atom. The second kappa shape index (κ2) is 9.08. The van der Waals surface area contributed by atoms with Crippen LogP contribution in [0.2, 0.25) is 0 Å². The third-order valence-electron chi connectivity index (χ3n) is 5.01. The molecule has 0 saturated carbocycles. The molecule has 1 aromatic carbocycles. The van der Waals surface area contributed by atoms with Crippen LogP contribution in [-0.4, -0.2) is 104 Å². The molecule has 2 fully saturated rings. The van der Waals surface area contributed by atoms with Crippen molar-refractivity contribution >= 4 is 0 Å². The fraction of sp³-hybridized carbons (Fsp3) is 0.667. The van der Waals surface area contributed by atoms with Gasteiger partial charge in [-0.3, -0.25) is 0 Å². The van der Waals surface area contributed by atoms with Crippen LogP contribution in [0, 0.1) is 0 Å². The standard InChI is InChI=1S/C18H26O11/c1-7-11(20)13(22)15(24)17(27-7)26-6-10-12(21)14(23)16(25)18(29-10)28-9-5-3-2-4-8(9)19/h2-5,7,10-25H,6H2,1H3. The van der Waals surface area contributed by atoms with Crippen molar-refractivity contribution in [2.45, 2.75) is 68.3 Å². The Labute approximate surface area is 166 Å². The molecule has 2 heterocycles. The maximum atomic E-state index is 10.2. The molecule has 10 unspecified atom stereocenters. The number of aromatic hydroxyl groups is 1. The summed E-state index contributed by atoms with van der Waals surface area (Å²) in [5, 5.41) is 69.7. The Kier molecular flexibility index (Phi) is 6.94. The largest absolute Gasteiger partial charge is 0.504 e. The third-order valence-corrected chi connectivity index (χ3v) is 5.01. The Morgan fingerprint density at radius 2 is 1.41 bits per heavy atom. The normalized spacial score (nSPS) is 43.1. The van der Waals surface area contributed by atoms with Crippen LogP contribution in [0.25, 0.3) is 0 Å². The molecule has 0 spiro atoms. The number of aliphatic hydroxyl groups excluding tert-OH is 6. The molecule has 11 nitrogen and oxygen atoms in total. The van der Waals surface area contributed by atoms with Crippen molar-refractivity contribution in [1.82, 2.24) is 0 Å². The molecule has 7 N–H and O–H groups in total. The minimum atomic E-state index is -1.64. The van der Waals surface area contributed by atoms with Crippen LogP contribution in [0.5, 0.6) is 11.5 Å². The monoisotopic (exact) mass is 418 g/mol. The van der Waals surface area contributed by atoms with Crippen molar-refractivity contribution in [3.63, 3.8) is 0 Å². The van der Waals surface area contributed by atoms with Crippen LogP contribution in [-0.2, 0) is 14.2 Å². The van der Waals surface area contributed by atoms with Crippen LogP contribution in [0.3, 0.4) is 0 Å². The van der Waals surface area contributed by atoms with Crippen LogP contribution >= 0.6 is 0 Å². The fourth-order valence-corrected chi connectivity index (χ4v) is 3.17. The molecule has 29 heavy (non-hydrogen) atoms. The van der Waals surface area contributed by atoms with Gasteiger partial charge in [0.2, 0.25) is 6.29 Å². The summed E-state index contributed by atoms with van der Waals surface area (Å²) in [5.41, 5.74) is 0. The van der Waals surface area contributed by atoms with Crippen molar-refractivity contribution in [3.8, 4) is 11.5 Å². The molecule has 10 atom stereocenters. The predicted octanol–water partition coefficient (Wildman–Crippen LogP) is -2.58. The number of hydrogen-bond acceptors (Lipinski definition) is 11. The lowest BCUT2D eigenvalue weighted by Crippen LogP contribution is -2.61. The molecular weight excluding hydrogens is 392 g/mol. The average Bonchev–Trinajstić information content (AvgIpc) is 2.70. The molecular formula is C18H26O11. The summed E-state index contributed by atoms with van der Waals surface area (Å²) in [6.45, 7) is 1.08. The topological polar surface area (TPSA) is 179 Å². The van der Waals surface area contributed by atoms with Crippen molar-refractivity contribution in [2.75, 3.05) is 6.61 Å². The highest BCUT2D eigenvalue weighted by molar-refractivity contribution is 5.38. The second-order valence-electron chi connectivity index (χ2n) is 7.11. The van der Waals surface area contributed by atoms with E-state index < -0.39 is 68.0 Å². The number of phenols is 1. The molecule has 2 aliphatic rings. The first kappa shape index (κ1) is 22.2. The van der Waals surface area contributed by atoms with Gasteiger partial charge in [0.1, 0.15) is 42.7 Å². The zero-order chi connectivity index (χ0) is 21.3. The zero-order valence-electron chi connectivity index (χ0n) is 15.6. The summed E-state index contributed by atoms with van der Waals surface area (Å²) in [6, 6.07) is 5.93. The molecule has 0 radical (unpaired) electrons. The fourth-order valence-electron chi connectivity index (χ4n) is 3.17. The van der Waals surface area contributed by atoms with E-state index in [1.54, 1.807) is 12.1 Å². The third kappa shape index (κ3) is 4.63. The quantitative estimate of drug-likeness (QED) is 0.267. The second-order valence-corrected chi connectivity index (χ2v) is 7.11. The van der Waals surface area contributed by atoms with E-state index in [4.69, 9.17) is 18.9 Å². The van der Waals surface area contributed by atoms with Gasteiger partial charge in [-0.15, -0.1) is 0 Å². The molecule has 164 valence electrons. The summed E-state index contributed by atoms with van der Waals surface area (Å²) in [4.78, 5) is 0. The number of benzene rings is 1. The number of ether oxygens (including phenoxy) is 4. The summed E-state index contributed by atoms with van der Waals surface area (Å²) in [5.74, 6) is -0.214. The van der Waals surface area contributed by atoms with Gasteiger partial charge in [0.15, 0.2) is 17.8 Å². The van der Waals surface area contributed by atoms with E-state index in [1.165, 1.54) is 19.1 Å². The van der Waals surface area contributed by atoms with Crippen LogP contribution in [0.4, 0.5) is 0 Å². The molecule has 0 bridgehead atoms. The zero-order valence-corrected chi connectivity index (χ0v) is 15.6. The summed E-state index contributed by atoms with van der Waals surface area (Å²) in [7, 11) is 0. The van der Waals surface area contributed by atoms with Gasteiger partial charge in [-0.2, -0.15) is 0 Å². The number of phenolic OH excluding ortho intramolecular Hbond substituents is 1. The van der Waals surface area contributed by atoms with Gasteiger partial charge in [0, 0.05) is 0 Å². The number of aliphatic hydroxyl groups is 6. The minimum absolute atomic E-state index is 0.00298. The Hall–Kier alpha value is -1.54. The van der Waals surface area contributed by atoms with Gasteiger partial charge in [-0.25, -0.2) is 0 Å². The average molecular weight is 418 g/mol. The first-order valence-electron chi connectivity index (χ1n) is 9.16. The SMILES string of the molecule is CC1OC(OCC2OC(Oc3ccccc3O)C(O)C(O)C2O)C(O)C(O)C1O. The molecule has 0 aliphatic carbocycles. The highest BCUT2D eigenvalue weighted by Gasteiger charge is 2.47. The maximum Gasteiger partial charge on any atom is 0.229 e. The first-order chi connectivity index (χ1) is 13.7. The first-order valence-corrected chi connectivity index (χ1v) is 9.16. The van der Waals surface area contributed by atoms with Gasteiger partial charge in [-0.1, -0.05) is 12.1 Å². The molecule has 1 aromatic rings. The summed E-state index contributed by atoms with van der Waals surface area (Å²) >= 11 is 0. The molecule has 0 amide bonds. The van der Waals surface area contributed by atoms with E-state index in [2.05, 4.69) is 0 Å². The summed E-state index contributed by atoms with van der Waals surface area (Å²) < 4.78 is 21.6. The van der Waals surface area contributed by atoms with E-state index in [0.29, 0.717) is 0 Å². The van der Waals surface area contributed by atoms with Crippen molar-refractivity contribution < 1.29 is 54.7 Å². The highest BCUT2D eigenvalue weighted by Crippen LogP contribution is 2.30.